The third kappa shape index (κ3) is 4.85. The van der Waals surface area contributed by atoms with Crippen LogP contribution in [0.2, 0.25) is 0 Å². The molecule has 1 atom stereocenters. The van der Waals surface area contributed by atoms with Crippen LogP contribution in [0.15, 0.2) is 79.0 Å². The topological polar surface area (TPSA) is 91.9 Å². The molecule has 8 nitrogen and oxygen atoms in total. The van der Waals surface area contributed by atoms with Gasteiger partial charge in [0, 0.05) is 29.2 Å². The van der Waals surface area contributed by atoms with Crippen LogP contribution in [0.1, 0.15) is 29.3 Å². The second kappa shape index (κ2) is 10.8. The Balaban J connectivity index is 1.45. The fourth-order valence-electron chi connectivity index (χ4n) is 4.89. The number of para-hydroxylation sites is 1. The van der Waals surface area contributed by atoms with E-state index in [-0.39, 0.29) is 24.8 Å². The van der Waals surface area contributed by atoms with Gasteiger partial charge in [0.2, 0.25) is 5.91 Å². The zero-order valence-corrected chi connectivity index (χ0v) is 21.3. The summed E-state index contributed by atoms with van der Waals surface area (Å²) in [4.78, 5) is 46.5. The molecule has 0 bridgehead atoms. The highest BCUT2D eigenvalue weighted by Gasteiger charge is 2.44. The van der Waals surface area contributed by atoms with Crippen molar-refractivity contribution in [2.75, 3.05) is 25.2 Å². The van der Waals surface area contributed by atoms with Gasteiger partial charge in [-0.15, -0.1) is 0 Å². The molecule has 1 aromatic heterocycles. The lowest BCUT2D eigenvalue weighted by molar-refractivity contribution is -0.122. The summed E-state index contributed by atoms with van der Waals surface area (Å²) in [6.07, 6.45) is 2.35. The number of carbonyl (C=O) groups excluding carboxylic acids is 3. The van der Waals surface area contributed by atoms with Crippen molar-refractivity contribution < 1.29 is 23.9 Å². The number of nitrogens with zero attached hydrogens (tertiary/aromatic N) is 2. The van der Waals surface area contributed by atoms with Crippen molar-refractivity contribution in [3.05, 3.63) is 90.1 Å². The number of anilines is 1. The Morgan fingerprint density at radius 2 is 1.82 bits per heavy atom. The van der Waals surface area contributed by atoms with Gasteiger partial charge in [0.15, 0.2) is 0 Å². The smallest absolute Gasteiger partial charge is 0.257 e. The Hall–Kier alpha value is -4.59. The Bertz CT molecular complexity index is 1480. The Labute approximate surface area is 220 Å². The zero-order valence-electron chi connectivity index (χ0n) is 21.3. The van der Waals surface area contributed by atoms with Gasteiger partial charge in [-0.25, -0.2) is 4.90 Å². The minimum absolute atomic E-state index is 0.0877. The SMILES string of the molecule is CCOc1ccc(N2C(=O)CC(N(CCc3c[nH]c4ccccc34)C(=O)c3cccc(OC)c3)C2=O)cc1. The molecule has 3 aromatic carbocycles. The number of aromatic amines is 1. The molecule has 1 saturated heterocycles. The van der Waals surface area contributed by atoms with Crippen LogP contribution in [0.4, 0.5) is 5.69 Å². The minimum Gasteiger partial charge on any atom is -0.497 e. The average Bonchev–Trinajstić information content (AvgIpc) is 3.49. The summed E-state index contributed by atoms with van der Waals surface area (Å²) in [5, 5.41) is 1.06. The van der Waals surface area contributed by atoms with Crippen molar-refractivity contribution in [2.45, 2.75) is 25.8 Å². The van der Waals surface area contributed by atoms with E-state index in [9.17, 15) is 14.4 Å². The zero-order chi connectivity index (χ0) is 26.6. The first kappa shape index (κ1) is 25.1. The van der Waals surface area contributed by atoms with Crippen LogP contribution in [0.3, 0.4) is 0 Å². The highest BCUT2D eigenvalue weighted by atomic mass is 16.5. The van der Waals surface area contributed by atoms with Gasteiger partial charge in [0.1, 0.15) is 17.5 Å². The number of aromatic nitrogens is 1. The maximum absolute atomic E-state index is 13.8. The van der Waals surface area contributed by atoms with Crippen LogP contribution in [-0.2, 0) is 16.0 Å². The summed E-state index contributed by atoms with van der Waals surface area (Å²) in [6.45, 7) is 2.66. The van der Waals surface area contributed by atoms with Gasteiger partial charge in [0.05, 0.1) is 25.8 Å². The number of H-pyrrole nitrogens is 1. The summed E-state index contributed by atoms with van der Waals surface area (Å²) in [7, 11) is 1.53. The number of hydrogen-bond acceptors (Lipinski definition) is 5. The Morgan fingerprint density at radius 3 is 2.58 bits per heavy atom. The maximum atomic E-state index is 13.8. The first-order valence-electron chi connectivity index (χ1n) is 12.6. The largest absolute Gasteiger partial charge is 0.497 e. The standard InChI is InChI=1S/C30H29N3O5/c1-3-38-23-13-11-22(12-14-23)33-28(34)18-27(30(33)36)32(29(35)20-7-6-8-24(17-20)37-2)16-15-21-19-31-26-10-5-4-9-25(21)26/h4-14,17,19,27,31H,3,15-16,18H2,1-2H3. The lowest BCUT2D eigenvalue weighted by Gasteiger charge is -2.28. The summed E-state index contributed by atoms with van der Waals surface area (Å²) < 4.78 is 10.8. The monoisotopic (exact) mass is 511 g/mol. The average molecular weight is 512 g/mol. The molecule has 0 saturated carbocycles. The Kier molecular flexibility index (Phi) is 7.13. The van der Waals surface area contributed by atoms with Crippen molar-refractivity contribution in [1.29, 1.82) is 0 Å². The van der Waals surface area contributed by atoms with Crippen LogP contribution in [0.5, 0.6) is 11.5 Å². The van der Waals surface area contributed by atoms with E-state index in [1.165, 1.54) is 12.0 Å². The van der Waals surface area contributed by atoms with Gasteiger partial charge < -0.3 is 19.4 Å². The highest BCUT2D eigenvalue weighted by molar-refractivity contribution is 6.23. The van der Waals surface area contributed by atoms with E-state index in [2.05, 4.69) is 4.98 Å². The van der Waals surface area contributed by atoms with E-state index in [0.717, 1.165) is 21.4 Å². The number of hydrogen-bond donors (Lipinski definition) is 1. The third-order valence-electron chi connectivity index (χ3n) is 6.78. The van der Waals surface area contributed by atoms with Gasteiger partial charge in [-0.2, -0.15) is 0 Å². The quantitative estimate of drug-likeness (QED) is 0.332. The molecule has 194 valence electrons. The Morgan fingerprint density at radius 1 is 1.03 bits per heavy atom. The molecular weight excluding hydrogens is 482 g/mol. The molecule has 0 radical (unpaired) electrons. The fourth-order valence-corrected chi connectivity index (χ4v) is 4.89. The predicted octanol–water partition coefficient (Wildman–Crippen LogP) is 4.59. The number of carbonyl (C=O) groups is 3. The van der Waals surface area contributed by atoms with Crippen molar-refractivity contribution in [3.63, 3.8) is 0 Å². The molecule has 1 aliphatic heterocycles. The molecule has 3 amide bonds. The number of imide groups is 1. The number of benzene rings is 3. The number of ether oxygens (including phenoxy) is 2. The van der Waals surface area contributed by atoms with E-state index in [1.54, 1.807) is 48.5 Å². The highest BCUT2D eigenvalue weighted by Crippen LogP contribution is 2.29. The molecular formula is C30H29N3O5. The summed E-state index contributed by atoms with van der Waals surface area (Å²) in [5.74, 6) is 0.0928. The first-order chi connectivity index (χ1) is 18.5. The number of rotatable bonds is 9. The second-order valence-electron chi connectivity index (χ2n) is 9.05. The molecule has 1 N–H and O–H groups in total. The predicted molar refractivity (Wildman–Crippen MR) is 145 cm³/mol. The summed E-state index contributed by atoms with van der Waals surface area (Å²) in [6, 6.07) is 20.7. The van der Waals surface area contributed by atoms with Gasteiger partial charge in [0.25, 0.3) is 11.8 Å². The molecule has 1 aliphatic rings. The molecule has 0 aliphatic carbocycles. The van der Waals surface area contributed by atoms with Crippen molar-refractivity contribution in [3.8, 4) is 11.5 Å². The lowest BCUT2D eigenvalue weighted by Crippen LogP contribution is -2.46. The lowest BCUT2D eigenvalue weighted by atomic mass is 10.1. The number of methoxy groups -OCH3 is 1. The molecule has 4 aromatic rings. The van der Waals surface area contributed by atoms with Crippen molar-refractivity contribution >= 4 is 34.3 Å². The van der Waals surface area contributed by atoms with Crippen LogP contribution < -0.4 is 14.4 Å². The second-order valence-corrected chi connectivity index (χ2v) is 9.05. The maximum Gasteiger partial charge on any atom is 0.257 e. The number of nitrogens with one attached hydrogen (secondary N) is 1. The molecule has 8 heteroatoms. The van der Waals surface area contributed by atoms with Crippen molar-refractivity contribution in [1.82, 2.24) is 9.88 Å². The van der Waals surface area contributed by atoms with Crippen molar-refractivity contribution in [2.24, 2.45) is 0 Å². The third-order valence-corrected chi connectivity index (χ3v) is 6.78. The molecule has 5 rings (SSSR count). The van der Waals surface area contributed by atoms with Gasteiger partial charge in [-0.3, -0.25) is 14.4 Å². The van der Waals surface area contributed by atoms with Crippen LogP contribution in [0.25, 0.3) is 10.9 Å². The minimum atomic E-state index is -0.919. The fraction of sp³-hybridized carbons (Fsp3) is 0.233. The van der Waals surface area contributed by atoms with Gasteiger partial charge in [-0.1, -0.05) is 24.3 Å². The molecule has 0 spiro atoms. The normalized spacial score (nSPS) is 15.2. The van der Waals surface area contributed by atoms with Crippen LogP contribution >= 0.6 is 0 Å². The van der Waals surface area contributed by atoms with E-state index in [1.807, 2.05) is 37.4 Å². The molecule has 2 heterocycles. The van der Waals surface area contributed by atoms with Crippen LogP contribution in [-0.4, -0.2) is 53.9 Å². The first-order valence-corrected chi connectivity index (χ1v) is 12.6. The summed E-state index contributed by atoms with van der Waals surface area (Å²) >= 11 is 0. The van der Waals surface area contributed by atoms with Gasteiger partial charge >= 0.3 is 0 Å². The molecule has 1 fully saturated rings. The van der Waals surface area contributed by atoms with E-state index in [4.69, 9.17) is 9.47 Å². The number of fused-ring (bicyclic) bond motifs is 1. The van der Waals surface area contributed by atoms with Gasteiger partial charge in [-0.05, 0) is 67.4 Å². The summed E-state index contributed by atoms with van der Waals surface area (Å²) in [5.41, 5.74) is 2.88. The molecule has 38 heavy (non-hydrogen) atoms. The molecule has 1 unspecified atom stereocenters. The van der Waals surface area contributed by atoms with E-state index >= 15 is 0 Å². The van der Waals surface area contributed by atoms with Crippen LogP contribution in [0, 0.1) is 0 Å². The van der Waals surface area contributed by atoms with E-state index < -0.39 is 11.9 Å². The number of amides is 3. The van der Waals surface area contributed by atoms with E-state index in [0.29, 0.717) is 35.8 Å².